The van der Waals surface area contributed by atoms with Gasteiger partial charge in [0.25, 0.3) is 0 Å². The third kappa shape index (κ3) is 5.65. The number of carbonyl (C=O) groups is 2. The van der Waals surface area contributed by atoms with E-state index in [2.05, 4.69) is 15.8 Å². The van der Waals surface area contributed by atoms with Gasteiger partial charge in [0.1, 0.15) is 5.75 Å². The molecular weight excluding hydrogens is 338 g/mol. The molecule has 0 fully saturated rings. The molecule has 0 bridgehead atoms. The van der Waals surface area contributed by atoms with Gasteiger partial charge in [-0.15, -0.1) is 11.8 Å². The molecule has 0 atom stereocenters. The van der Waals surface area contributed by atoms with Crippen molar-refractivity contribution in [3.05, 3.63) is 54.1 Å². The molecule has 0 heterocycles. The normalized spacial score (nSPS) is 10.5. The first-order chi connectivity index (χ1) is 12.1. The average molecular weight is 357 g/mol. The molecule has 0 unspecified atom stereocenters. The third-order valence-corrected chi connectivity index (χ3v) is 3.88. The van der Waals surface area contributed by atoms with Gasteiger partial charge in [-0.25, -0.2) is 5.43 Å². The number of hydrogen-bond donors (Lipinski definition) is 2. The number of nitrogens with zero attached hydrogens (tertiary/aromatic N) is 1. The van der Waals surface area contributed by atoms with Crippen LogP contribution in [0.25, 0.3) is 0 Å². The van der Waals surface area contributed by atoms with Gasteiger partial charge in [0.05, 0.1) is 18.5 Å². The summed E-state index contributed by atoms with van der Waals surface area (Å²) in [6, 6.07) is 14.6. The number of ether oxygens (including phenoxy) is 1. The summed E-state index contributed by atoms with van der Waals surface area (Å²) < 4.78 is 5.40. The minimum Gasteiger partial charge on any atom is -0.492 e. The average Bonchev–Trinajstić information content (AvgIpc) is 2.64. The summed E-state index contributed by atoms with van der Waals surface area (Å²) >= 11 is 1.64. The monoisotopic (exact) mass is 357 g/mol. The van der Waals surface area contributed by atoms with Crippen molar-refractivity contribution in [3.63, 3.8) is 0 Å². The fraction of sp³-hybridized carbons (Fsp3) is 0.167. The fourth-order valence-electron chi connectivity index (χ4n) is 1.94. The van der Waals surface area contributed by atoms with Crippen LogP contribution in [0.15, 0.2) is 58.5 Å². The van der Waals surface area contributed by atoms with Gasteiger partial charge >= 0.3 is 11.8 Å². The van der Waals surface area contributed by atoms with Crippen molar-refractivity contribution in [2.75, 3.05) is 18.2 Å². The predicted molar refractivity (Wildman–Crippen MR) is 100 cm³/mol. The number of thioether (sulfide) groups is 1. The van der Waals surface area contributed by atoms with Crippen molar-refractivity contribution in [2.24, 2.45) is 5.10 Å². The maximum atomic E-state index is 11.9. The molecule has 0 aliphatic rings. The Morgan fingerprint density at radius 2 is 1.84 bits per heavy atom. The van der Waals surface area contributed by atoms with E-state index in [-0.39, 0.29) is 0 Å². The maximum Gasteiger partial charge on any atom is 0.329 e. The Balaban J connectivity index is 1.91. The summed E-state index contributed by atoms with van der Waals surface area (Å²) in [6.07, 6.45) is 3.47. The van der Waals surface area contributed by atoms with Crippen LogP contribution in [0.3, 0.4) is 0 Å². The van der Waals surface area contributed by atoms with E-state index < -0.39 is 11.8 Å². The molecule has 6 nitrogen and oxygen atoms in total. The molecule has 0 radical (unpaired) electrons. The number of hydrogen-bond acceptors (Lipinski definition) is 5. The zero-order chi connectivity index (χ0) is 18.1. The number of hydrazone groups is 1. The molecule has 0 aliphatic heterocycles. The van der Waals surface area contributed by atoms with E-state index in [4.69, 9.17) is 4.74 Å². The fourth-order valence-corrected chi connectivity index (χ4v) is 2.34. The molecule has 7 heteroatoms. The molecule has 2 rings (SSSR count). The highest BCUT2D eigenvalue weighted by molar-refractivity contribution is 7.98. The van der Waals surface area contributed by atoms with Crippen LogP contribution in [-0.2, 0) is 9.59 Å². The summed E-state index contributed by atoms with van der Waals surface area (Å²) in [7, 11) is 0. The number of benzene rings is 2. The van der Waals surface area contributed by atoms with E-state index in [1.165, 1.54) is 6.21 Å². The van der Waals surface area contributed by atoms with Crippen LogP contribution < -0.4 is 15.5 Å². The molecule has 0 aliphatic carbocycles. The molecule has 2 amide bonds. The zero-order valence-corrected chi connectivity index (χ0v) is 14.8. The lowest BCUT2D eigenvalue weighted by Crippen LogP contribution is -2.32. The number of anilines is 1. The highest BCUT2D eigenvalue weighted by Crippen LogP contribution is 2.23. The highest BCUT2D eigenvalue weighted by Gasteiger charge is 2.15. The van der Waals surface area contributed by atoms with Gasteiger partial charge in [-0.05, 0) is 43.0 Å². The summed E-state index contributed by atoms with van der Waals surface area (Å²) in [5, 5.41) is 6.30. The van der Waals surface area contributed by atoms with Crippen LogP contribution in [0.2, 0.25) is 0 Å². The Bertz CT molecular complexity index is 760. The minimum atomic E-state index is -0.858. The second-order valence-corrected chi connectivity index (χ2v) is 5.74. The van der Waals surface area contributed by atoms with Crippen LogP contribution in [-0.4, -0.2) is 30.9 Å². The Labute approximate surface area is 150 Å². The summed E-state index contributed by atoms with van der Waals surface area (Å²) in [6.45, 7) is 2.30. The molecule has 130 valence electrons. The Kier molecular flexibility index (Phi) is 7.03. The molecule has 2 N–H and O–H groups in total. The van der Waals surface area contributed by atoms with Crippen molar-refractivity contribution in [1.29, 1.82) is 0 Å². The number of nitrogens with one attached hydrogen (secondary N) is 2. The summed E-state index contributed by atoms with van der Waals surface area (Å²) in [4.78, 5) is 24.9. The van der Waals surface area contributed by atoms with Gasteiger partial charge < -0.3 is 10.1 Å². The Morgan fingerprint density at radius 3 is 2.52 bits per heavy atom. The topological polar surface area (TPSA) is 79.8 Å². The summed E-state index contributed by atoms with van der Waals surface area (Å²) in [5.74, 6) is -1.17. The highest BCUT2D eigenvalue weighted by atomic mass is 32.2. The van der Waals surface area contributed by atoms with Gasteiger partial charge in [0.2, 0.25) is 0 Å². The zero-order valence-electron chi connectivity index (χ0n) is 14.0. The second kappa shape index (κ2) is 9.48. The molecule has 2 aromatic carbocycles. The largest absolute Gasteiger partial charge is 0.492 e. The van der Waals surface area contributed by atoms with E-state index in [9.17, 15) is 9.59 Å². The number of carbonyl (C=O) groups excluding carboxylic acids is 2. The lowest BCUT2D eigenvalue weighted by atomic mass is 10.2. The molecule has 0 saturated heterocycles. The van der Waals surface area contributed by atoms with E-state index in [0.29, 0.717) is 18.0 Å². The van der Waals surface area contributed by atoms with Crippen molar-refractivity contribution < 1.29 is 14.3 Å². The lowest BCUT2D eigenvalue weighted by Gasteiger charge is -2.10. The smallest absolute Gasteiger partial charge is 0.329 e. The third-order valence-electron chi connectivity index (χ3n) is 3.14. The first kappa shape index (κ1) is 18.5. The molecule has 0 spiro atoms. The molecular formula is C18H19N3O3S. The van der Waals surface area contributed by atoms with E-state index in [0.717, 1.165) is 10.5 Å². The number of para-hydroxylation sites is 2. The van der Waals surface area contributed by atoms with Crippen LogP contribution in [0.4, 0.5) is 5.69 Å². The van der Waals surface area contributed by atoms with Gasteiger partial charge in [-0.3, -0.25) is 9.59 Å². The van der Waals surface area contributed by atoms with E-state index in [1.54, 1.807) is 36.0 Å². The first-order valence-electron chi connectivity index (χ1n) is 7.64. The number of rotatable bonds is 6. The predicted octanol–water partition coefficient (Wildman–Crippen LogP) is 2.90. The minimum absolute atomic E-state index is 0.432. The number of amides is 2. The van der Waals surface area contributed by atoms with Crippen LogP contribution in [0.1, 0.15) is 12.5 Å². The van der Waals surface area contributed by atoms with E-state index in [1.807, 2.05) is 37.4 Å². The molecule has 2 aromatic rings. The van der Waals surface area contributed by atoms with Crippen molar-refractivity contribution in [2.45, 2.75) is 11.8 Å². The van der Waals surface area contributed by atoms with E-state index >= 15 is 0 Å². The standard InChI is InChI=1S/C18H19N3O3S/c1-3-24-16-7-5-4-6-15(16)20-17(22)18(23)21-19-12-13-8-10-14(25-2)11-9-13/h4-12H,3H2,1-2H3,(H,20,22)(H,21,23)/b19-12-. The molecule has 25 heavy (non-hydrogen) atoms. The van der Waals surface area contributed by atoms with Gasteiger partial charge in [-0.2, -0.15) is 5.10 Å². The van der Waals surface area contributed by atoms with Crippen LogP contribution >= 0.6 is 11.8 Å². The van der Waals surface area contributed by atoms with Gasteiger partial charge in [0, 0.05) is 4.90 Å². The van der Waals surface area contributed by atoms with Crippen LogP contribution in [0.5, 0.6) is 5.75 Å². The molecule has 0 aromatic heterocycles. The quantitative estimate of drug-likeness (QED) is 0.361. The second-order valence-electron chi connectivity index (χ2n) is 4.86. The van der Waals surface area contributed by atoms with Crippen molar-refractivity contribution >= 4 is 35.5 Å². The van der Waals surface area contributed by atoms with Crippen molar-refractivity contribution in [3.8, 4) is 5.75 Å². The Morgan fingerprint density at radius 1 is 1.12 bits per heavy atom. The van der Waals surface area contributed by atoms with Gasteiger partial charge in [0.15, 0.2) is 0 Å². The maximum absolute atomic E-state index is 11.9. The molecule has 0 saturated carbocycles. The SMILES string of the molecule is CCOc1ccccc1NC(=O)C(=O)N/N=C\c1ccc(SC)cc1. The van der Waals surface area contributed by atoms with Gasteiger partial charge in [-0.1, -0.05) is 24.3 Å². The van der Waals surface area contributed by atoms with Crippen molar-refractivity contribution in [1.82, 2.24) is 5.43 Å². The lowest BCUT2D eigenvalue weighted by molar-refractivity contribution is -0.136. The van der Waals surface area contributed by atoms with Crippen LogP contribution in [0, 0.1) is 0 Å². The first-order valence-corrected chi connectivity index (χ1v) is 8.86. The summed E-state index contributed by atoms with van der Waals surface area (Å²) in [5.41, 5.74) is 3.45. The Hall–Kier alpha value is -2.80.